The summed E-state index contributed by atoms with van der Waals surface area (Å²) < 4.78 is 42.3. The number of allylic oxidation sites excluding steroid dienone is 1. The van der Waals surface area contributed by atoms with Crippen LogP contribution in [0.4, 0.5) is 13.2 Å². The van der Waals surface area contributed by atoms with Crippen molar-refractivity contribution in [2.45, 2.75) is 6.18 Å². The molecular weight excluding hydrogens is 257 g/mol. The van der Waals surface area contributed by atoms with E-state index in [2.05, 4.69) is 4.74 Å². The fourth-order valence-electron chi connectivity index (χ4n) is 1.14. The normalized spacial score (nSPS) is 12.4. The van der Waals surface area contributed by atoms with Gasteiger partial charge in [0, 0.05) is 11.1 Å². The van der Waals surface area contributed by atoms with Crippen molar-refractivity contribution in [1.82, 2.24) is 0 Å². The molecule has 0 atom stereocenters. The second-order valence-electron chi connectivity index (χ2n) is 3.09. The van der Waals surface area contributed by atoms with Crippen molar-refractivity contribution < 1.29 is 22.7 Å². The lowest BCUT2D eigenvalue weighted by atomic mass is 10.1. The first kappa shape index (κ1) is 13.6. The molecule has 92 valence electrons. The summed E-state index contributed by atoms with van der Waals surface area (Å²) >= 11 is 5.57. The Morgan fingerprint density at radius 1 is 1.29 bits per heavy atom. The van der Waals surface area contributed by atoms with Gasteiger partial charge in [0.05, 0.1) is 12.7 Å². The molecule has 0 aliphatic rings. The lowest BCUT2D eigenvalue weighted by Gasteiger charge is -2.11. The smallest absolute Gasteiger partial charge is 0.417 e. The van der Waals surface area contributed by atoms with Crippen molar-refractivity contribution in [3.8, 4) is 0 Å². The van der Waals surface area contributed by atoms with Gasteiger partial charge in [0.1, 0.15) is 0 Å². The second-order valence-corrected chi connectivity index (χ2v) is 3.52. The fraction of sp³-hybridized carbons (Fsp3) is 0.182. The summed E-state index contributed by atoms with van der Waals surface area (Å²) in [4.78, 5) is 10.9. The third kappa shape index (κ3) is 3.78. The van der Waals surface area contributed by atoms with Crippen molar-refractivity contribution in [3.63, 3.8) is 0 Å². The number of carbonyl (C=O) groups is 1. The van der Waals surface area contributed by atoms with Crippen LogP contribution in [0.2, 0.25) is 5.02 Å². The standard InChI is InChI=1S/C11H8ClF3O2/c1-17-10(16)6-9(11(13,14)15)7-2-4-8(12)5-3-7/h2-6H,1H3/b9-6-. The van der Waals surface area contributed by atoms with Crippen LogP contribution in [0, 0.1) is 0 Å². The Balaban J connectivity index is 3.21. The van der Waals surface area contributed by atoms with Gasteiger partial charge in [0.25, 0.3) is 0 Å². The largest absolute Gasteiger partial charge is 0.466 e. The van der Waals surface area contributed by atoms with Gasteiger partial charge < -0.3 is 4.74 Å². The molecule has 6 heteroatoms. The molecule has 0 saturated carbocycles. The fourth-order valence-corrected chi connectivity index (χ4v) is 1.26. The SMILES string of the molecule is COC(=O)/C=C(/c1ccc(Cl)cc1)C(F)(F)F. The van der Waals surface area contributed by atoms with Crippen LogP contribution in [0.15, 0.2) is 30.3 Å². The van der Waals surface area contributed by atoms with E-state index in [4.69, 9.17) is 11.6 Å². The van der Waals surface area contributed by atoms with Gasteiger partial charge in [-0.2, -0.15) is 13.2 Å². The molecule has 0 fully saturated rings. The van der Waals surface area contributed by atoms with E-state index in [-0.39, 0.29) is 5.56 Å². The zero-order chi connectivity index (χ0) is 13.1. The number of carbonyl (C=O) groups excluding carboxylic acids is 1. The van der Waals surface area contributed by atoms with Crippen molar-refractivity contribution in [1.29, 1.82) is 0 Å². The van der Waals surface area contributed by atoms with Gasteiger partial charge in [-0.15, -0.1) is 0 Å². The quantitative estimate of drug-likeness (QED) is 0.604. The van der Waals surface area contributed by atoms with Gasteiger partial charge in [-0.05, 0) is 17.7 Å². The topological polar surface area (TPSA) is 26.3 Å². The maximum absolute atomic E-state index is 12.7. The first-order valence-electron chi connectivity index (χ1n) is 4.47. The van der Waals surface area contributed by atoms with E-state index in [1.165, 1.54) is 24.3 Å². The lowest BCUT2D eigenvalue weighted by molar-refractivity contribution is -0.135. The molecule has 0 bridgehead atoms. The molecule has 1 aromatic carbocycles. The zero-order valence-electron chi connectivity index (χ0n) is 8.72. The van der Waals surface area contributed by atoms with Crippen molar-refractivity contribution in [2.75, 3.05) is 7.11 Å². The van der Waals surface area contributed by atoms with Gasteiger partial charge in [0.15, 0.2) is 0 Å². The second kappa shape index (κ2) is 5.23. The number of esters is 1. The van der Waals surface area contributed by atoms with E-state index in [1.54, 1.807) is 0 Å². The Bertz CT molecular complexity index is 435. The molecule has 0 spiro atoms. The van der Waals surface area contributed by atoms with Crippen LogP contribution in [0.5, 0.6) is 0 Å². The zero-order valence-corrected chi connectivity index (χ0v) is 9.47. The average Bonchev–Trinajstić information content (AvgIpc) is 2.25. The maximum atomic E-state index is 12.7. The van der Waals surface area contributed by atoms with Crippen LogP contribution < -0.4 is 0 Å². The minimum Gasteiger partial charge on any atom is -0.466 e. The minimum atomic E-state index is -4.64. The molecule has 0 amide bonds. The highest BCUT2D eigenvalue weighted by atomic mass is 35.5. The van der Waals surface area contributed by atoms with Gasteiger partial charge in [0.2, 0.25) is 0 Å². The van der Waals surface area contributed by atoms with Crippen LogP contribution >= 0.6 is 11.6 Å². The Hall–Kier alpha value is -1.49. The third-order valence-electron chi connectivity index (χ3n) is 1.92. The van der Waals surface area contributed by atoms with Gasteiger partial charge in [-0.3, -0.25) is 0 Å². The number of hydrogen-bond acceptors (Lipinski definition) is 2. The Morgan fingerprint density at radius 2 is 1.82 bits per heavy atom. The monoisotopic (exact) mass is 264 g/mol. The van der Waals surface area contributed by atoms with E-state index in [9.17, 15) is 18.0 Å². The Labute approximate surface area is 101 Å². The molecule has 0 aliphatic carbocycles. The highest BCUT2D eigenvalue weighted by molar-refractivity contribution is 6.30. The van der Waals surface area contributed by atoms with Crippen LogP contribution in [0.1, 0.15) is 5.56 Å². The summed E-state index contributed by atoms with van der Waals surface area (Å²) in [7, 11) is 1.01. The number of benzene rings is 1. The van der Waals surface area contributed by atoms with Gasteiger partial charge in [-0.25, -0.2) is 4.79 Å². The van der Waals surface area contributed by atoms with Crippen molar-refractivity contribution >= 4 is 23.1 Å². The van der Waals surface area contributed by atoms with Crippen LogP contribution in [0.25, 0.3) is 5.57 Å². The predicted octanol–water partition coefficient (Wildman–Crippen LogP) is 3.46. The molecule has 0 heterocycles. The molecule has 17 heavy (non-hydrogen) atoms. The summed E-state index contributed by atoms with van der Waals surface area (Å²) in [5.41, 5.74) is -1.21. The van der Waals surface area contributed by atoms with Crippen LogP contribution in [-0.2, 0) is 9.53 Å². The summed E-state index contributed by atoms with van der Waals surface area (Å²) in [6.45, 7) is 0. The molecule has 2 nitrogen and oxygen atoms in total. The van der Waals surface area contributed by atoms with E-state index in [0.717, 1.165) is 7.11 Å². The summed E-state index contributed by atoms with van der Waals surface area (Å²) in [6.07, 6.45) is -4.23. The van der Waals surface area contributed by atoms with Gasteiger partial charge in [-0.1, -0.05) is 23.7 Å². The summed E-state index contributed by atoms with van der Waals surface area (Å²) in [6, 6.07) is 5.00. The number of halogens is 4. The molecular formula is C11H8ClF3O2. The predicted molar refractivity (Wildman–Crippen MR) is 57.5 cm³/mol. The first-order chi connectivity index (χ1) is 7.84. The number of ether oxygens (including phenoxy) is 1. The molecule has 1 aromatic rings. The number of rotatable bonds is 2. The Kier molecular flexibility index (Phi) is 4.17. The van der Waals surface area contributed by atoms with Crippen LogP contribution in [0.3, 0.4) is 0 Å². The number of hydrogen-bond donors (Lipinski definition) is 0. The number of methoxy groups -OCH3 is 1. The van der Waals surface area contributed by atoms with Crippen molar-refractivity contribution in [2.24, 2.45) is 0 Å². The van der Waals surface area contributed by atoms with E-state index in [0.29, 0.717) is 11.1 Å². The minimum absolute atomic E-state index is 0.146. The molecule has 0 radical (unpaired) electrons. The molecule has 0 saturated heterocycles. The van der Waals surface area contributed by atoms with Crippen LogP contribution in [-0.4, -0.2) is 19.3 Å². The molecule has 0 unspecified atom stereocenters. The van der Waals surface area contributed by atoms with Gasteiger partial charge >= 0.3 is 12.1 Å². The molecule has 1 rings (SSSR count). The molecule has 0 aliphatic heterocycles. The van der Waals surface area contributed by atoms with E-state index in [1.807, 2.05) is 0 Å². The van der Waals surface area contributed by atoms with Crippen molar-refractivity contribution in [3.05, 3.63) is 40.9 Å². The molecule has 0 N–H and O–H groups in total. The summed E-state index contributed by atoms with van der Waals surface area (Å²) in [5, 5.41) is 0.313. The lowest BCUT2D eigenvalue weighted by Crippen LogP contribution is -2.13. The first-order valence-corrected chi connectivity index (χ1v) is 4.85. The highest BCUT2D eigenvalue weighted by Crippen LogP contribution is 2.34. The number of alkyl halides is 3. The maximum Gasteiger partial charge on any atom is 0.417 e. The van der Waals surface area contributed by atoms with E-state index >= 15 is 0 Å². The van der Waals surface area contributed by atoms with E-state index < -0.39 is 17.7 Å². The summed E-state index contributed by atoms with van der Waals surface area (Å²) in [5.74, 6) is -1.06. The third-order valence-corrected chi connectivity index (χ3v) is 2.18. The molecule has 0 aromatic heterocycles. The highest BCUT2D eigenvalue weighted by Gasteiger charge is 2.35. The average molecular weight is 265 g/mol. The Morgan fingerprint density at radius 3 is 2.24 bits per heavy atom.